The quantitative estimate of drug-likeness (QED) is 0.784. The van der Waals surface area contributed by atoms with Gasteiger partial charge in [0.25, 0.3) is 0 Å². The highest BCUT2D eigenvalue weighted by molar-refractivity contribution is 7.79. The number of thiocarbonyl (C=S) groups is 1. The fraction of sp³-hybridized carbons (Fsp3) is 0.500. The normalized spacial score (nSPS) is 24.7. The highest BCUT2D eigenvalue weighted by Gasteiger charge is 2.46. The van der Waals surface area contributed by atoms with E-state index in [1.807, 2.05) is 24.3 Å². The Labute approximate surface area is 141 Å². The third-order valence-electron chi connectivity index (χ3n) is 4.73. The summed E-state index contributed by atoms with van der Waals surface area (Å²) in [6.45, 7) is 2.51. The van der Waals surface area contributed by atoms with Gasteiger partial charge in [-0.1, -0.05) is 42.9 Å². The number of hydrazone groups is 1. The molecule has 0 aromatic heterocycles. The molecule has 3 atom stereocenters. The largest absolute Gasteiger partial charge is 0.383 e. The number of nitrogens with one attached hydrogen (secondary N) is 1. The summed E-state index contributed by atoms with van der Waals surface area (Å²) < 4.78 is 0. The second-order valence-electron chi connectivity index (χ2n) is 6.15. The van der Waals surface area contributed by atoms with E-state index < -0.39 is 5.60 Å². The molecule has 4 nitrogen and oxygen atoms in total. The summed E-state index contributed by atoms with van der Waals surface area (Å²) >= 11 is 11.0. The lowest BCUT2D eigenvalue weighted by molar-refractivity contribution is -0.0552. The molecule has 1 saturated carbocycles. The van der Waals surface area contributed by atoms with E-state index in [0.717, 1.165) is 5.56 Å². The van der Waals surface area contributed by atoms with Crippen molar-refractivity contribution in [2.24, 2.45) is 16.9 Å². The van der Waals surface area contributed by atoms with Gasteiger partial charge in [-0.25, -0.2) is 0 Å². The number of hydrogen-bond donors (Lipinski definition) is 2. The summed E-state index contributed by atoms with van der Waals surface area (Å²) in [5, 5.41) is 22.9. The number of benzene rings is 1. The van der Waals surface area contributed by atoms with Crippen molar-refractivity contribution in [1.82, 2.24) is 10.3 Å². The van der Waals surface area contributed by atoms with Crippen molar-refractivity contribution in [3.8, 4) is 0 Å². The molecule has 22 heavy (non-hydrogen) atoms. The van der Waals surface area contributed by atoms with Gasteiger partial charge in [-0.3, -0.25) is 5.01 Å². The third kappa shape index (κ3) is 2.98. The van der Waals surface area contributed by atoms with Crippen LogP contribution in [0.15, 0.2) is 29.4 Å². The molecule has 2 aliphatic rings. The molecule has 1 fully saturated rings. The molecular formula is C16H20ClN3OS. The van der Waals surface area contributed by atoms with Crippen LogP contribution in [0.5, 0.6) is 0 Å². The van der Waals surface area contributed by atoms with Crippen molar-refractivity contribution in [2.45, 2.75) is 31.5 Å². The minimum absolute atomic E-state index is 0.148. The van der Waals surface area contributed by atoms with Crippen LogP contribution in [0.25, 0.3) is 0 Å². The van der Waals surface area contributed by atoms with Gasteiger partial charge in [0.15, 0.2) is 0 Å². The molecule has 6 heteroatoms. The van der Waals surface area contributed by atoms with E-state index in [-0.39, 0.29) is 12.1 Å². The SMILES string of the molecule is CC(C1CC1)C(O)(CN1N=CNC1C=S)c1ccc(Cl)cc1. The first kappa shape index (κ1) is 15.7. The van der Waals surface area contributed by atoms with E-state index in [2.05, 4.69) is 17.3 Å². The van der Waals surface area contributed by atoms with Gasteiger partial charge in [-0.15, -0.1) is 0 Å². The van der Waals surface area contributed by atoms with Crippen LogP contribution in [-0.4, -0.2) is 34.5 Å². The summed E-state index contributed by atoms with van der Waals surface area (Å²) in [6.07, 6.45) is 3.82. The van der Waals surface area contributed by atoms with Gasteiger partial charge in [0.1, 0.15) is 18.1 Å². The maximum Gasteiger partial charge on any atom is 0.146 e. The fourth-order valence-corrected chi connectivity index (χ4v) is 3.41. The van der Waals surface area contributed by atoms with Gasteiger partial charge in [-0.2, -0.15) is 5.10 Å². The number of aliphatic hydroxyl groups is 1. The molecule has 0 amide bonds. The first-order valence-electron chi connectivity index (χ1n) is 7.53. The van der Waals surface area contributed by atoms with Gasteiger partial charge in [0.05, 0.1) is 6.54 Å². The van der Waals surface area contributed by atoms with E-state index in [1.54, 1.807) is 16.7 Å². The molecule has 3 rings (SSSR count). The Hall–Kier alpha value is -1.17. The van der Waals surface area contributed by atoms with Crippen molar-refractivity contribution >= 4 is 35.5 Å². The van der Waals surface area contributed by atoms with Crippen LogP contribution < -0.4 is 5.32 Å². The molecule has 1 aliphatic heterocycles. The van der Waals surface area contributed by atoms with Crippen LogP contribution in [0, 0.1) is 11.8 Å². The Morgan fingerprint density at radius 1 is 1.50 bits per heavy atom. The number of rotatable bonds is 6. The van der Waals surface area contributed by atoms with E-state index in [1.165, 1.54) is 12.8 Å². The van der Waals surface area contributed by atoms with Crippen LogP contribution in [0.4, 0.5) is 0 Å². The molecule has 0 saturated heterocycles. The zero-order valence-corrected chi connectivity index (χ0v) is 14.0. The number of halogens is 1. The molecule has 2 N–H and O–H groups in total. The minimum atomic E-state index is -0.980. The van der Waals surface area contributed by atoms with E-state index in [4.69, 9.17) is 23.8 Å². The summed E-state index contributed by atoms with van der Waals surface area (Å²) in [4.78, 5) is 0. The highest BCUT2D eigenvalue weighted by Crippen LogP contribution is 2.46. The zero-order valence-electron chi connectivity index (χ0n) is 12.4. The average Bonchev–Trinajstić information content (AvgIpc) is 3.27. The zero-order chi connectivity index (χ0) is 15.7. The first-order chi connectivity index (χ1) is 10.5. The Morgan fingerprint density at radius 2 is 2.18 bits per heavy atom. The minimum Gasteiger partial charge on any atom is -0.383 e. The van der Waals surface area contributed by atoms with E-state index in [0.29, 0.717) is 17.5 Å². The molecule has 118 valence electrons. The molecular weight excluding hydrogens is 318 g/mol. The van der Waals surface area contributed by atoms with Crippen LogP contribution in [0.1, 0.15) is 25.3 Å². The lowest BCUT2D eigenvalue weighted by atomic mass is 9.79. The monoisotopic (exact) mass is 337 g/mol. The number of nitrogens with zero attached hydrogens (tertiary/aromatic N) is 2. The summed E-state index contributed by atoms with van der Waals surface area (Å²) in [6, 6.07) is 7.45. The van der Waals surface area contributed by atoms with Crippen molar-refractivity contribution in [3.05, 3.63) is 34.9 Å². The molecule has 0 bridgehead atoms. The highest BCUT2D eigenvalue weighted by atomic mass is 35.5. The average molecular weight is 338 g/mol. The second kappa shape index (κ2) is 6.14. The van der Waals surface area contributed by atoms with Crippen molar-refractivity contribution < 1.29 is 5.11 Å². The Balaban J connectivity index is 1.90. The summed E-state index contributed by atoms with van der Waals surface area (Å²) in [5.74, 6) is 0.710. The Morgan fingerprint density at radius 3 is 2.77 bits per heavy atom. The first-order valence-corrected chi connectivity index (χ1v) is 8.38. The molecule has 3 unspecified atom stereocenters. The van der Waals surface area contributed by atoms with Gasteiger partial charge in [-0.05, 0) is 42.4 Å². The van der Waals surface area contributed by atoms with Gasteiger partial charge in [0.2, 0.25) is 0 Å². The Bertz CT molecular complexity index is 575. The lowest BCUT2D eigenvalue weighted by Gasteiger charge is -2.38. The molecule has 1 aromatic carbocycles. The van der Waals surface area contributed by atoms with E-state index >= 15 is 0 Å². The Kier molecular flexibility index (Phi) is 4.39. The van der Waals surface area contributed by atoms with Crippen molar-refractivity contribution in [3.63, 3.8) is 0 Å². The second-order valence-corrected chi connectivity index (χ2v) is 6.86. The third-order valence-corrected chi connectivity index (χ3v) is 5.24. The number of hydrogen-bond acceptors (Lipinski definition) is 5. The van der Waals surface area contributed by atoms with Crippen molar-refractivity contribution in [2.75, 3.05) is 6.54 Å². The summed E-state index contributed by atoms with van der Waals surface area (Å²) in [7, 11) is 0. The summed E-state index contributed by atoms with van der Waals surface area (Å²) in [5.41, 5.74) is -0.104. The molecule has 1 aromatic rings. The molecule has 0 spiro atoms. The topological polar surface area (TPSA) is 47.9 Å². The van der Waals surface area contributed by atoms with Crippen LogP contribution in [0.3, 0.4) is 0 Å². The molecule has 1 heterocycles. The predicted molar refractivity (Wildman–Crippen MR) is 93.0 cm³/mol. The van der Waals surface area contributed by atoms with Gasteiger partial charge < -0.3 is 10.4 Å². The van der Waals surface area contributed by atoms with Gasteiger partial charge >= 0.3 is 0 Å². The fourth-order valence-electron chi connectivity index (χ4n) is 3.06. The maximum atomic E-state index is 11.5. The van der Waals surface area contributed by atoms with Crippen LogP contribution in [0.2, 0.25) is 5.02 Å². The standard InChI is InChI=1S/C16H20ClN3OS/c1-11(12-2-3-12)16(21,13-4-6-14(17)7-5-13)9-20-15(8-22)18-10-19-20/h4-8,10-12,15,21H,2-3,9H2,1H3,(H,18,19). The predicted octanol–water partition coefficient (Wildman–Crippen LogP) is 2.75. The molecule has 0 radical (unpaired) electrons. The van der Waals surface area contributed by atoms with Crippen LogP contribution in [-0.2, 0) is 5.60 Å². The number of β-amino-alcohol motifs (C(OH)–C–C–N with tert-alkyl or cyclic N) is 1. The maximum absolute atomic E-state index is 11.5. The van der Waals surface area contributed by atoms with Gasteiger partial charge in [0, 0.05) is 10.4 Å². The van der Waals surface area contributed by atoms with Crippen molar-refractivity contribution in [1.29, 1.82) is 0 Å². The molecule has 1 aliphatic carbocycles. The van der Waals surface area contributed by atoms with E-state index in [9.17, 15) is 5.11 Å². The van der Waals surface area contributed by atoms with Crippen LogP contribution >= 0.6 is 23.8 Å². The smallest absolute Gasteiger partial charge is 0.146 e. The lowest BCUT2D eigenvalue weighted by Crippen LogP contribution is -2.48.